The molecule has 0 fully saturated rings. The van der Waals surface area contributed by atoms with E-state index < -0.39 is 10.0 Å². The summed E-state index contributed by atoms with van der Waals surface area (Å²) in [6.45, 7) is 1.92. The molecular formula is C20H19NO3S. The van der Waals surface area contributed by atoms with Crippen LogP contribution in [0.4, 0.5) is 5.69 Å². The molecule has 0 radical (unpaired) electrons. The number of benzene rings is 3. The lowest BCUT2D eigenvalue weighted by atomic mass is 10.0. The number of anilines is 1. The lowest BCUT2D eigenvalue weighted by Crippen LogP contribution is -2.13. The Morgan fingerprint density at radius 2 is 1.60 bits per heavy atom. The standard InChI is InChI=1S/C20H19NO3S/c1-15-10-12-18(13-11-15)25(22,23)21-20-9-4-3-8-19(20)16-6-5-7-17(14-16)24-2/h3-14,21H,1-2H3. The zero-order valence-electron chi connectivity index (χ0n) is 14.1. The minimum atomic E-state index is -3.66. The Morgan fingerprint density at radius 3 is 2.32 bits per heavy atom. The van der Waals surface area contributed by atoms with Gasteiger partial charge in [-0.2, -0.15) is 0 Å². The molecular weight excluding hydrogens is 334 g/mol. The largest absolute Gasteiger partial charge is 0.497 e. The molecule has 128 valence electrons. The second-order valence-electron chi connectivity index (χ2n) is 5.70. The van der Waals surface area contributed by atoms with Crippen LogP contribution in [0.15, 0.2) is 77.7 Å². The van der Waals surface area contributed by atoms with Crippen molar-refractivity contribution in [3.63, 3.8) is 0 Å². The van der Waals surface area contributed by atoms with Crippen LogP contribution in [0.3, 0.4) is 0 Å². The molecule has 0 spiro atoms. The first-order valence-electron chi connectivity index (χ1n) is 7.82. The van der Waals surface area contributed by atoms with Crippen LogP contribution in [0.5, 0.6) is 5.75 Å². The summed E-state index contributed by atoms with van der Waals surface area (Å²) in [6, 6.07) is 21.6. The van der Waals surface area contributed by atoms with Crippen LogP contribution in [-0.2, 0) is 10.0 Å². The SMILES string of the molecule is COc1cccc(-c2ccccc2NS(=O)(=O)c2ccc(C)cc2)c1. The molecule has 3 aromatic carbocycles. The summed E-state index contributed by atoms with van der Waals surface area (Å²) in [5.41, 5.74) is 3.20. The van der Waals surface area contributed by atoms with E-state index >= 15 is 0 Å². The highest BCUT2D eigenvalue weighted by atomic mass is 32.2. The van der Waals surface area contributed by atoms with E-state index in [0.717, 1.165) is 16.7 Å². The number of para-hydroxylation sites is 1. The van der Waals surface area contributed by atoms with Gasteiger partial charge in [0.05, 0.1) is 17.7 Å². The van der Waals surface area contributed by atoms with Crippen LogP contribution in [0, 0.1) is 6.92 Å². The molecule has 3 rings (SSSR count). The zero-order valence-corrected chi connectivity index (χ0v) is 14.9. The molecule has 0 aliphatic carbocycles. The summed E-state index contributed by atoms with van der Waals surface area (Å²) in [5, 5.41) is 0. The average molecular weight is 353 g/mol. The molecule has 0 saturated heterocycles. The molecule has 0 aromatic heterocycles. The van der Waals surface area contributed by atoms with E-state index in [1.807, 2.05) is 43.3 Å². The van der Waals surface area contributed by atoms with Gasteiger partial charge in [-0.05, 0) is 42.8 Å². The Kier molecular flexibility index (Phi) is 4.76. The Labute approximate surface area is 148 Å². The summed E-state index contributed by atoms with van der Waals surface area (Å²) in [4.78, 5) is 0.235. The van der Waals surface area contributed by atoms with Gasteiger partial charge in [-0.1, -0.05) is 48.0 Å². The van der Waals surface area contributed by atoms with E-state index in [4.69, 9.17) is 4.74 Å². The predicted molar refractivity (Wildman–Crippen MR) is 100 cm³/mol. The molecule has 0 amide bonds. The lowest BCUT2D eigenvalue weighted by molar-refractivity contribution is 0.415. The third-order valence-corrected chi connectivity index (χ3v) is 5.26. The molecule has 0 heterocycles. The average Bonchev–Trinajstić information content (AvgIpc) is 2.62. The Bertz CT molecular complexity index is 980. The summed E-state index contributed by atoms with van der Waals surface area (Å²) in [7, 11) is -2.06. The number of hydrogen-bond acceptors (Lipinski definition) is 3. The van der Waals surface area contributed by atoms with Gasteiger partial charge in [0.15, 0.2) is 0 Å². The number of methoxy groups -OCH3 is 1. The van der Waals surface area contributed by atoms with Crippen LogP contribution in [-0.4, -0.2) is 15.5 Å². The number of rotatable bonds is 5. The van der Waals surface area contributed by atoms with E-state index in [2.05, 4.69) is 4.72 Å². The third kappa shape index (κ3) is 3.83. The summed E-state index contributed by atoms with van der Waals surface area (Å²) in [6.07, 6.45) is 0. The van der Waals surface area contributed by atoms with Gasteiger partial charge in [0.2, 0.25) is 0 Å². The molecule has 1 N–H and O–H groups in total. The normalized spacial score (nSPS) is 11.1. The van der Waals surface area contributed by atoms with E-state index in [-0.39, 0.29) is 4.90 Å². The van der Waals surface area contributed by atoms with E-state index in [1.54, 1.807) is 43.5 Å². The molecule has 0 saturated carbocycles. The van der Waals surface area contributed by atoms with Crippen LogP contribution in [0.25, 0.3) is 11.1 Å². The van der Waals surface area contributed by atoms with Crippen LogP contribution < -0.4 is 9.46 Å². The van der Waals surface area contributed by atoms with Crippen molar-refractivity contribution in [2.24, 2.45) is 0 Å². The lowest BCUT2D eigenvalue weighted by Gasteiger charge is -2.13. The van der Waals surface area contributed by atoms with Crippen molar-refractivity contribution in [1.82, 2.24) is 0 Å². The van der Waals surface area contributed by atoms with Crippen LogP contribution in [0.2, 0.25) is 0 Å². The topological polar surface area (TPSA) is 55.4 Å². The van der Waals surface area contributed by atoms with Crippen molar-refractivity contribution in [2.45, 2.75) is 11.8 Å². The van der Waals surface area contributed by atoms with Gasteiger partial charge in [0, 0.05) is 5.56 Å². The van der Waals surface area contributed by atoms with E-state index in [9.17, 15) is 8.42 Å². The molecule has 0 bridgehead atoms. The van der Waals surface area contributed by atoms with Crippen molar-refractivity contribution in [3.05, 3.63) is 78.4 Å². The number of aryl methyl sites for hydroxylation is 1. The molecule has 0 atom stereocenters. The fourth-order valence-electron chi connectivity index (χ4n) is 2.54. The quantitative estimate of drug-likeness (QED) is 0.736. The fourth-order valence-corrected chi connectivity index (χ4v) is 3.62. The number of nitrogens with one attached hydrogen (secondary N) is 1. The third-order valence-electron chi connectivity index (χ3n) is 3.88. The van der Waals surface area contributed by atoms with Gasteiger partial charge in [0.1, 0.15) is 5.75 Å². The molecule has 0 unspecified atom stereocenters. The maximum atomic E-state index is 12.7. The second-order valence-corrected chi connectivity index (χ2v) is 7.38. The van der Waals surface area contributed by atoms with Gasteiger partial charge < -0.3 is 4.74 Å². The van der Waals surface area contributed by atoms with Crippen LogP contribution in [0.1, 0.15) is 5.56 Å². The highest BCUT2D eigenvalue weighted by Gasteiger charge is 2.16. The highest BCUT2D eigenvalue weighted by molar-refractivity contribution is 7.92. The molecule has 5 heteroatoms. The molecule has 4 nitrogen and oxygen atoms in total. The fraction of sp³-hybridized carbons (Fsp3) is 0.100. The predicted octanol–water partition coefficient (Wildman–Crippen LogP) is 4.47. The molecule has 0 aliphatic rings. The van der Waals surface area contributed by atoms with Crippen molar-refractivity contribution < 1.29 is 13.2 Å². The first kappa shape index (κ1) is 17.0. The van der Waals surface area contributed by atoms with Crippen molar-refractivity contribution >= 4 is 15.7 Å². The van der Waals surface area contributed by atoms with E-state index in [1.165, 1.54) is 0 Å². The monoisotopic (exact) mass is 353 g/mol. The summed E-state index contributed by atoms with van der Waals surface area (Å²) < 4.78 is 33.3. The molecule has 3 aromatic rings. The highest BCUT2D eigenvalue weighted by Crippen LogP contribution is 2.31. The zero-order chi connectivity index (χ0) is 17.9. The van der Waals surface area contributed by atoms with Crippen molar-refractivity contribution in [2.75, 3.05) is 11.8 Å². The van der Waals surface area contributed by atoms with Crippen molar-refractivity contribution in [3.8, 4) is 16.9 Å². The first-order chi connectivity index (χ1) is 12.0. The van der Waals surface area contributed by atoms with Gasteiger partial charge in [-0.3, -0.25) is 4.72 Å². The van der Waals surface area contributed by atoms with E-state index in [0.29, 0.717) is 11.4 Å². The summed E-state index contributed by atoms with van der Waals surface area (Å²) in [5.74, 6) is 0.716. The molecule has 25 heavy (non-hydrogen) atoms. The Morgan fingerprint density at radius 1 is 0.880 bits per heavy atom. The smallest absolute Gasteiger partial charge is 0.261 e. The van der Waals surface area contributed by atoms with Crippen molar-refractivity contribution in [1.29, 1.82) is 0 Å². The molecule has 0 aliphatic heterocycles. The van der Waals surface area contributed by atoms with Gasteiger partial charge in [0.25, 0.3) is 10.0 Å². The number of hydrogen-bond donors (Lipinski definition) is 1. The van der Waals surface area contributed by atoms with Gasteiger partial charge >= 0.3 is 0 Å². The van der Waals surface area contributed by atoms with Crippen LogP contribution >= 0.6 is 0 Å². The minimum absolute atomic E-state index is 0.235. The Balaban J connectivity index is 2.00. The number of ether oxygens (including phenoxy) is 1. The van der Waals surface area contributed by atoms with Gasteiger partial charge in [-0.25, -0.2) is 8.42 Å². The number of sulfonamides is 1. The second kappa shape index (κ2) is 6.99. The maximum Gasteiger partial charge on any atom is 0.261 e. The first-order valence-corrected chi connectivity index (χ1v) is 9.31. The summed E-state index contributed by atoms with van der Waals surface area (Å²) >= 11 is 0. The Hall–Kier alpha value is -2.79. The maximum absolute atomic E-state index is 12.7. The minimum Gasteiger partial charge on any atom is -0.497 e. The van der Waals surface area contributed by atoms with Gasteiger partial charge in [-0.15, -0.1) is 0 Å².